The number of hydrogen-bond donors (Lipinski definition) is 0. The van der Waals surface area contributed by atoms with Crippen LogP contribution in [0.3, 0.4) is 0 Å². The minimum atomic E-state index is -0.342. The Labute approximate surface area is 110 Å². The van der Waals surface area contributed by atoms with E-state index in [2.05, 4.69) is 9.59 Å². The van der Waals surface area contributed by atoms with Crippen molar-refractivity contribution in [3.8, 4) is 0 Å². The van der Waals surface area contributed by atoms with E-state index in [1.54, 1.807) is 0 Å². The summed E-state index contributed by atoms with van der Waals surface area (Å²) in [5, 5.41) is 3.92. The quantitative estimate of drug-likeness (QED) is 0.780. The van der Waals surface area contributed by atoms with Crippen LogP contribution in [0.1, 0.15) is 47.5 Å². The van der Waals surface area contributed by atoms with Crippen LogP contribution in [-0.4, -0.2) is 39.3 Å². The van der Waals surface area contributed by atoms with E-state index < -0.39 is 0 Å². The lowest BCUT2D eigenvalue weighted by Crippen LogP contribution is -2.49. The molecule has 0 aromatic carbocycles. The molecule has 1 saturated heterocycles. The predicted octanol–water partition coefficient (Wildman–Crippen LogP) is 1.98. The zero-order valence-corrected chi connectivity index (χ0v) is 11.3. The van der Waals surface area contributed by atoms with Gasteiger partial charge in [0.1, 0.15) is 10.6 Å². The molecule has 1 spiro atoms. The Morgan fingerprint density at radius 1 is 1.39 bits per heavy atom. The molecule has 0 N–H and O–H groups in total. The summed E-state index contributed by atoms with van der Waals surface area (Å²) in [7, 11) is 0. The van der Waals surface area contributed by atoms with Crippen molar-refractivity contribution in [3.05, 3.63) is 10.6 Å². The molecule has 2 heterocycles. The van der Waals surface area contributed by atoms with Crippen LogP contribution in [0.5, 0.6) is 0 Å². The van der Waals surface area contributed by atoms with Gasteiger partial charge in [0, 0.05) is 6.54 Å². The molecule has 2 aliphatic rings. The molecule has 98 valence electrons. The second kappa shape index (κ2) is 4.59. The highest BCUT2D eigenvalue weighted by atomic mass is 32.1. The molecule has 1 aliphatic heterocycles. The molecule has 1 aliphatic carbocycles. The molecule has 3 rings (SSSR count). The average molecular weight is 267 g/mol. The smallest absolute Gasteiger partial charge is 0.269 e. The molecule has 2 fully saturated rings. The van der Waals surface area contributed by atoms with E-state index in [1.807, 2.05) is 11.8 Å². The summed E-state index contributed by atoms with van der Waals surface area (Å²) in [5.74, 6) is 0.0434. The third-order valence-electron chi connectivity index (χ3n) is 3.90. The first kappa shape index (κ1) is 12.0. The van der Waals surface area contributed by atoms with Crippen LogP contribution in [0.25, 0.3) is 0 Å². The van der Waals surface area contributed by atoms with E-state index in [9.17, 15) is 4.79 Å². The maximum Gasteiger partial charge on any atom is 0.269 e. The first-order valence-corrected chi connectivity index (χ1v) is 7.25. The van der Waals surface area contributed by atoms with Crippen LogP contribution in [-0.2, 0) is 4.74 Å². The van der Waals surface area contributed by atoms with Crippen LogP contribution >= 0.6 is 11.5 Å². The highest BCUT2D eigenvalue weighted by Crippen LogP contribution is 2.39. The minimum absolute atomic E-state index is 0.0434. The van der Waals surface area contributed by atoms with E-state index in [0.717, 1.165) is 31.4 Å². The molecule has 1 aromatic heterocycles. The van der Waals surface area contributed by atoms with Gasteiger partial charge in [-0.1, -0.05) is 10.9 Å². The molecule has 0 bridgehead atoms. The Balaban J connectivity index is 1.87. The van der Waals surface area contributed by atoms with Crippen molar-refractivity contribution in [2.45, 2.75) is 44.8 Å². The summed E-state index contributed by atoms with van der Waals surface area (Å²) in [6.45, 7) is 3.17. The minimum Gasteiger partial charge on any atom is -0.354 e. The summed E-state index contributed by atoms with van der Waals surface area (Å²) in [6.07, 6.45) is 5.45. The number of amides is 1. The standard InChI is InChI=1S/C12H17N3O2S/c1-9-10(18-14-13-9)11(16)15-7-8-17-12(15)5-3-2-4-6-12/h2-8H2,1H3. The fourth-order valence-corrected chi connectivity index (χ4v) is 3.57. The van der Waals surface area contributed by atoms with Gasteiger partial charge in [0.2, 0.25) is 0 Å². The Hall–Kier alpha value is -1.01. The van der Waals surface area contributed by atoms with Crippen LogP contribution in [0.15, 0.2) is 0 Å². The number of nitrogens with zero attached hydrogens (tertiary/aromatic N) is 3. The third kappa shape index (κ3) is 1.83. The van der Waals surface area contributed by atoms with Crippen molar-refractivity contribution >= 4 is 17.4 Å². The first-order chi connectivity index (χ1) is 8.73. The highest BCUT2D eigenvalue weighted by molar-refractivity contribution is 7.07. The monoisotopic (exact) mass is 267 g/mol. The molecule has 1 saturated carbocycles. The van der Waals surface area contributed by atoms with Gasteiger partial charge in [-0.15, -0.1) is 5.10 Å². The van der Waals surface area contributed by atoms with Gasteiger partial charge >= 0.3 is 0 Å². The predicted molar refractivity (Wildman–Crippen MR) is 67.5 cm³/mol. The van der Waals surface area contributed by atoms with Gasteiger partial charge in [0.25, 0.3) is 5.91 Å². The number of aryl methyl sites for hydroxylation is 1. The van der Waals surface area contributed by atoms with Crippen molar-refractivity contribution in [1.82, 2.24) is 14.5 Å². The third-order valence-corrected chi connectivity index (χ3v) is 4.72. The summed E-state index contributed by atoms with van der Waals surface area (Å²) < 4.78 is 9.77. The number of hydrogen-bond acceptors (Lipinski definition) is 5. The average Bonchev–Trinajstić information content (AvgIpc) is 2.97. The SMILES string of the molecule is Cc1nnsc1C(=O)N1CCOC12CCCCC2. The zero-order chi connectivity index (χ0) is 12.6. The fourth-order valence-electron chi connectivity index (χ4n) is 2.96. The Morgan fingerprint density at radius 3 is 2.83 bits per heavy atom. The fraction of sp³-hybridized carbons (Fsp3) is 0.750. The Kier molecular flexibility index (Phi) is 3.07. The van der Waals surface area contributed by atoms with Gasteiger partial charge in [0.05, 0.1) is 12.3 Å². The largest absolute Gasteiger partial charge is 0.354 e. The molecule has 1 aromatic rings. The number of ether oxygens (including phenoxy) is 1. The lowest BCUT2D eigenvalue weighted by molar-refractivity contribution is -0.0918. The van der Waals surface area contributed by atoms with Crippen molar-refractivity contribution in [1.29, 1.82) is 0 Å². The first-order valence-electron chi connectivity index (χ1n) is 6.48. The second-order valence-corrected chi connectivity index (χ2v) is 5.75. The molecule has 18 heavy (non-hydrogen) atoms. The molecular weight excluding hydrogens is 250 g/mol. The number of carbonyl (C=O) groups is 1. The van der Waals surface area contributed by atoms with Crippen molar-refractivity contribution in [2.24, 2.45) is 0 Å². The van der Waals surface area contributed by atoms with Gasteiger partial charge in [0.15, 0.2) is 0 Å². The summed E-state index contributed by atoms with van der Waals surface area (Å²) in [5.41, 5.74) is 0.383. The maximum atomic E-state index is 12.6. The van der Waals surface area contributed by atoms with E-state index in [0.29, 0.717) is 18.0 Å². The van der Waals surface area contributed by atoms with E-state index in [-0.39, 0.29) is 11.6 Å². The molecule has 6 heteroatoms. The summed E-state index contributed by atoms with van der Waals surface area (Å²) in [4.78, 5) is 15.1. The Bertz CT molecular complexity index is 454. The van der Waals surface area contributed by atoms with Crippen LogP contribution in [0, 0.1) is 6.92 Å². The molecule has 0 unspecified atom stereocenters. The van der Waals surface area contributed by atoms with Gasteiger partial charge in [-0.25, -0.2) is 0 Å². The van der Waals surface area contributed by atoms with Gasteiger partial charge in [-0.2, -0.15) is 0 Å². The van der Waals surface area contributed by atoms with E-state index in [4.69, 9.17) is 4.74 Å². The maximum absolute atomic E-state index is 12.6. The normalized spacial score (nSPS) is 22.6. The number of carbonyl (C=O) groups excluding carboxylic acids is 1. The Morgan fingerprint density at radius 2 is 2.17 bits per heavy atom. The summed E-state index contributed by atoms with van der Waals surface area (Å²) in [6, 6.07) is 0. The van der Waals surface area contributed by atoms with Crippen molar-refractivity contribution < 1.29 is 9.53 Å². The highest BCUT2D eigenvalue weighted by Gasteiger charge is 2.46. The van der Waals surface area contributed by atoms with Crippen molar-refractivity contribution in [2.75, 3.05) is 13.2 Å². The molecule has 1 amide bonds. The second-order valence-electron chi connectivity index (χ2n) is 5.00. The lowest BCUT2D eigenvalue weighted by Gasteiger charge is -2.39. The number of aromatic nitrogens is 2. The van der Waals surface area contributed by atoms with Gasteiger partial charge < -0.3 is 9.64 Å². The number of rotatable bonds is 1. The van der Waals surface area contributed by atoms with Crippen LogP contribution < -0.4 is 0 Å². The van der Waals surface area contributed by atoms with Crippen LogP contribution in [0.2, 0.25) is 0 Å². The van der Waals surface area contributed by atoms with Gasteiger partial charge in [-0.05, 0) is 44.1 Å². The zero-order valence-electron chi connectivity index (χ0n) is 10.5. The van der Waals surface area contributed by atoms with Crippen molar-refractivity contribution in [3.63, 3.8) is 0 Å². The molecular formula is C12H17N3O2S. The molecule has 0 radical (unpaired) electrons. The van der Waals surface area contributed by atoms with E-state index >= 15 is 0 Å². The molecule has 5 nitrogen and oxygen atoms in total. The topological polar surface area (TPSA) is 55.3 Å². The summed E-state index contributed by atoms with van der Waals surface area (Å²) >= 11 is 1.18. The van der Waals surface area contributed by atoms with E-state index in [1.165, 1.54) is 18.0 Å². The van der Waals surface area contributed by atoms with Crippen LogP contribution in [0.4, 0.5) is 0 Å². The van der Waals surface area contributed by atoms with Gasteiger partial charge in [-0.3, -0.25) is 4.79 Å². The lowest BCUT2D eigenvalue weighted by atomic mass is 9.90. The molecule has 0 atom stereocenters.